The van der Waals surface area contributed by atoms with Crippen molar-refractivity contribution in [1.82, 2.24) is 5.32 Å². The first-order valence-electron chi connectivity index (χ1n) is 9.10. The zero-order valence-electron chi connectivity index (χ0n) is 15.0. The van der Waals surface area contributed by atoms with E-state index in [1.54, 1.807) is 24.3 Å². The first-order valence-corrected chi connectivity index (χ1v) is 10.3. The molecule has 0 bridgehead atoms. The van der Waals surface area contributed by atoms with Gasteiger partial charge in [0.2, 0.25) is 0 Å². The van der Waals surface area contributed by atoms with Crippen LogP contribution in [0.4, 0.5) is 5.69 Å². The van der Waals surface area contributed by atoms with E-state index in [2.05, 4.69) is 10.6 Å². The standard InChI is InChI=1S/C21H19ClN2O3S/c22-18-16-8-1-2-9-17(16)28-19(18)21(26)24-14-6-3-5-13(11-14)20(25)23-12-15-7-4-10-27-15/h1-3,5-6,8-9,11,15H,4,7,10,12H2,(H,23,25)(H,24,26)/t15-/m0/s1. The summed E-state index contributed by atoms with van der Waals surface area (Å²) in [5, 5.41) is 7.03. The Morgan fingerprint density at radius 1 is 1.14 bits per heavy atom. The van der Waals surface area contributed by atoms with E-state index in [1.165, 1.54) is 11.3 Å². The number of thiophene rings is 1. The highest BCUT2D eigenvalue weighted by atomic mass is 35.5. The number of amides is 2. The summed E-state index contributed by atoms with van der Waals surface area (Å²) in [7, 11) is 0. The SMILES string of the molecule is O=C(NC[C@@H]1CCCO1)c1cccc(NC(=O)c2sc3ccccc3c2Cl)c1. The number of rotatable bonds is 5. The molecule has 0 unspecified atom stereocenters. The van der Waals surface area contributed by atoms with Crippen molar-refractivity contribution in [2.24, 2.45) is 0 Å². The van der Waals surface area contributed by atoms with Crippen LogP contribution in [0.25, 0.3) is 10.1 Å². The predicted octanol–water partition coefficient (Wildman–Crippen LogP) is 4.72. The molecule has 1 fully saturated rings. The Morgan fingerprint density at radius 3 is 2.79 bits per heavy atom. The Kier molecular flexibility index (Phi) is 5.62. The smallest absolute Gasteiger partial charge is 0.267 e. The molecule has 0 spiro atoms. The van der Waals surface area contributed by atoms with Crippen molar-refractivity contribution in [3.63, 3.8) is 0 Å². The fraction of sp³-hybridized carbons (Fsp3) is 0.238. The Hall–Kier alpha value is -2.41. The van der Waals surface area contributed by atoms with Gasteiger partial charge in [0.25, 0.3) is 11.8 Å². The van der Waals surface area contributed by atoms with Gasteiger partial charge in [0.1, 0.15) is 4.88 Å². The third-order valence-corrected chi connectivity index (χ3v) is 6.31. The molecule has 4 rings (SSSR count). The zero-order chi connectivity index (χ0) is 19.5. The van der Waals surface area contributed by atoms with Gasteiger partial charge >= 0.3 is 0 Å². The minimum Gasteiger partial charge on any atom is -0.376 e. The van der Waals surface area contributed by atoms with Crippen LogP contribution in [-0.2, 0) is 4.74 Å². The predicted molar refractivity (Wildman–Crippen MR) is 113 cm³/mol. The summed E-state index contributed by atoms with van der Waals surface area (Å²) in [4.78, 5) is 25.5. The van der Waals surface area contributed by atoms with Crippen molar-refractivity contribution in [2.75, 3.05) is 18.5 Å². The second kappa shape index (κ2) is 8.31. The molecule has 7 heteroatoms. The van der Waals surface area contributed by atoms with Crippen molar-refractivity contribution in [3.05, 3.63) is 64.0 Å². The molecular formula is C21H19ClN2O3S. The lowest BCUT2D eigenvalue weighted by Crippen LogP contribution is -2.31. The number of fused-ring (bicyclic) bond motifs is 1. The lowest BCUT2D eigenvalue weighted by molar-refractivity contribution is 0.0857. The fourth-order valence-corrected chi connectivity index (χ4v) is 4.61. The van der Waals surface area contributed by atoms with Crippen LogP contribution in [0, 0.1) is 0 Å². The number of nitrogens with one attached hydrogen (secondary N) is 2. The van der Waals surface area contributed by atoms with Gasteiger partial charge in [0.15, 0.2) is 0 Å². The number of carbonyl (C=O) groups excluding carboxylic acids is 2. The molecule has 1 aliphatic rings. The molecule has 5 nitrogen and oxygen atoms in total. The van der Waals surface area contributed by atoms with Crippen molar-refractivity contribution >= 4 is 50.5 Å². The van der Waals surface area contributed by atoms with Gasteiger partial charge in [-0.05, 0) is 37.1 Å². The van der Waals surface area contributed by atoms with Crippen molar-refractivity contribution in [1.29, 1.82) is 0 Å². The van der Waals surface area contributed by atoms with E-state index in [0.29, 0.717) is 27.7 Å². The third-order valence-electron chi connectivity index (χ3n) is 4.64. The highest BCUT2D eigenvalue weighted by Gasteiger charge is 2.19. The molecule has 0 radical (unpaired) electrons. The maximum atomic E-state index is 12.7. The highest BCUT2D eigenvalue weighted by Crippen LogP contribution is 2.35. The van der Waals surface area contributed by atoms with Crippen LogP contribution in [-0.4, -0.2) is 31.1 Å². The lowest BCUT2D eigenvalue weighted by atomic mass is 10.1. The van der Waals surface area contributed by atoms with Gasteiger partial charge in [-0.15, -0.1) is 11.3 Å². The maximum Gasteiger partial charge on any atom is 0.267 e. The molecule has 0 saturated carbocycles. The van der Waals surface area contributed by atoms with Gasteiger partial charge in [-0.3, -0.25) is 9.59 Å². The highest BCUT2D eigenvalue weighted by molar-refractivity contribution is 7.21. The third kappa shape index (κ3) is 4.04. The largest absolute Gasteiger partial charge is 0.376 e. The molecule has 2 heterocycles. The van der Waals surface area contributed by atoms with Crippen molar-refractivity contribution in [3.8, 4) is 0 Å². The number of halogens is 1. The quantitative estimate of drug-likeness (QED) is 0.635. The summed E-state index contributed by atoms with van der Waals surface area (Å²) in [5.74, 6) is -0.477. The van der Waals surface area contributed by atoms with Gasteiger partial charge in [0.05, 0.1) is 11.1 Å². The normalized spacial score (nSPS) is 16.2. The molecule has 1 aliphatic heterocycles. The lowest BCUT2D eigenvalue weighted by Gasteiger charge is -2.11. The van der Waals surface area contributed by atoms with Crippen LogP contribution in [0.3, 0.4) is 0 Å². The van der Waals surface area contributed by atoms with E-state index in [9.17, 15) is 9.59 Å². The summed E-state index contributed by atoms with van der Waals surface area (Å²) in [5.41, 5.74) is 1.03. The zero-order valence-corrected chi connectivity index (χ0v) is 16.6. The minimum atomic E-state index is -0.289. The second-order valence-electron chi connectivity index (χ2n) is 6.62. The Bertz CT molecular complexity index is 1030. The fourth-order valence-electron chi connectivity index (χ4n) is 3.20. The van der Waals surface area contributed by atoms with E-state index >= 15 is 0 Å². The number of hydrogen-bond donors (Lipinski definition) is 2. The Morgan fingerprint density at radius 2 is 2.00 bits per heavy atom. The summed E-state index contributed by atoms with van der Waals surface area (Å²) in [6, 6.07) is 14.5. The summed E-state index contributed by atoms with van der Waals surface area (Å²) in [6.07, 6.45) is 2.08. The molecule has 28 heavy (non-hydrogen) atoms. The van der Waals surface area contributed by atoms with Crippen LogP contribution in [0.2, 0.25) is 5.02 Å². The molecule has 0 aliphatic carbocycles. The Balaban J connectivity index is 1.45. The number of hydrogen-bond acceptors (Lipinski definition) is 4. The first-order chi connectivity index (χ1) is 13.6. The number of benzene rings is 2. The Labute approximate surface area is 171 Å². The van der Waals surface area contributed by atoms with Crippen LogP contribution in [0.5, 0.6) is 0 Å². The van der Waals surface area contributed by atoms with E-state index in [-0.39, 0.29) is 17.9 Å². The average molecular weight is 415 g/mol. The van der Waals surface area contributed by atoms with Gasteiger partial charge in [-0.25, -0.2) is 0 Å². The number of ether oxygens (including phenoxy) is 1. The molecule has 144 valence electrons. The second-order valence-corrected chi connectivity index (χ2v) is 8.05. The number of anilines is 1. The minimum absolute atomic E-state index is 0.0851. The van der Waals surface area contributed by atoms with Crippen LogP contribution >= 0.6 is 22.9 Å². The van der Waals surface area contributed by atoms with Gasteiger partial charge in [0, 0.05) is 34.5 Å². The monoisotopic (exact) mass is 414 g/mol. The van der Waals surface area contributed by atoms with E-state index < -0.39 is 0 Å². The molecular weight excluding hydrogens is 396 g/mol. The van der Waals surface area contributed by atoms with Crippen LogP contribution in [0.1, 0.15) is 32.9 Å². The van der Waals surface area contributed by atoms with Crippen molar-refractivity contribution in [2.45, 2.75) is 18.9 Å². The average Bonchev–Trinajstić information content (AvgIpc) is 3.35. The van der Waals surface area contributed by atoms with Crippen LogP contribution < -0.4 is 10.6 Å². The summed E-state index contributed by atoms with van der Waals surface area (Å²) < 4.78 is 6.48. The van der Waals surface area contributed by atoms with E-state index in [1.807, 2.05) is 24.3 Å². The van der Waals surface area contributed by atoms with Crippen LogP contribution in [0.15, 0.2) is 48.5 Å². The van der Waals surface area contributed by atoms with E-state index in [4.69, 9.17) is 16.3 Å². The molecule has 1 atom stereocenters. The summed E-state index contributed by atoms with van der Waals surface area (Å²) >= 11 is 7.72. The van der Waals surface area contributed by atoms with Crippen molar-refractivity contribution < 1.29 is 14.3 Å². The van der Waals surface area contributed by atoms with E-state index in [0.717, 1.165) is 29.5 Å². The van der Waals surface area contributed by atoms with Gasteiger partial charge < -0.3 is 15.4 Å². The molecule has 2 amide bonds. The molecule has 3 aromatic rings. The first kappa shape index (κ1) is 18.9. The topological polar surface area (TPSA) is 67.4 Å². The maximum absolute atomic E-state index is 12.7. The molecule has 2 N–H and O–H groups in total. The summed E-state index contributed by atoms with van der Waals surface area (Å²) in [6.45, 7) is 1.25. The van der Waals surface area contributed by atoms with Gasteiger partial charge in [-0.1, -0.05) is 35.9 Å². The molecule has 1 aromatic heterocycles. The number of carbonyl (C=O) groups is 2. The van der Waals surface area contributed by atoms with Gasteiger partial charge in [-0.2, -0.15) is 0 Å². The molecule has 2 aromatic carbocycles. The molecule has 1 saturated heterocycles.